The molecule has 0 aliphatic carbocycles. The lowest BCUT2D eigenvalue weighted by atomic mass is 9.96. The van der Waals surface area contributed by atoms with Gasteiger partial charge in [0.15, 0.2) is 21.4 Å². The topological polar surface area (TPSA) is 72.8 Å². The van der Waals surface area contributed by atoms with Gasteiger partial charge >= 0.3 is 0 Å². The van der Waals surface area contributed by atoms with Crippen LogP contribution in [0.15, 0.2) is 41.3 Å². The van der Waals surface area contributed by atoms with E-state index in [2.05, 4.69) is 0 Å². The van der Waals surface area contributed by atoms with E-state index in [1.54, 1.807) is 0 Å². The molecule has 1 unspecified atom stereocenters. The Labute approximate surface area is 160 Å². The van der Waals surface area contributed by atoms with Crippen LogP contribution in [-0.4, -0.2) is 40.0 Å². The molecule has 2 atom stereocenters. The van der Waals surface area contributed by atoms with Crippen LogP contribution in [0.3, 0.4) is 0 Å². The molecule has 1 N–H and O–H groups in total. The predicted octanol–water partition coefficient (Wildman–Crippen LogP) is 3.15. The monoisotopic (exact) mass is 418 g/mol. The Hall–Kier alpha value is -1.74. The average Bonchev–Trinajstić information content (AvgIpc) is 2.65. The molecular formula is C18H17ClF2O5S. The van der Waals surface area contributed by atoms with Crippen molar-refractivity contribution in [3.63, 3.8) is 0 Å². The Morgan fingerprint density at radius 2 is 1.81 bits per heavy atom. The van der Waals surface area contributed by atoms with Gasteiger partial charge in [-0.25, -0.2) is 17.2 Å². The molecule has 0 radical (unpaired) electrons. The van der Waals surface area contributed by atoms with Gasteiger partial charge in [-0.1, -0.05) is 11.6 Å². The molecule has 146 valence electrons. The first-order valence-corrected chi connectivity index (χ1v) is 10.1. The number of ether oxygens (including phenoxy) is 2. The number of aliphatic hydroxyl groups excluding tert-OH is 1. The van der Waals surface area contributed by atoms with Crippen LogP contribution in [0, 0.1) is 17.6 Å². The third-order valence-corrected chi connectivity index (χ3v) is 6.76. The van der Waals surface area contributed by atoms with Gasteiger partial charge in [0.05, 0.1) is 36.9 Å². The highest BCUT2D eigenvalue weighted by Gasteiger charge is 2.44. The van der Waals surface area contributed by atoms with Crippen LogP contribution >= 0.6 is 11.6 Å². The molecular weight excluding hydrogens is 402 g/mol. The molecule has 3 rings (SSSR count). The number of hydrogen-bond acceptors (Lipinski definition) is 5. The number of fused-ring (bicyclic) bond motifs is 1. The van der Waals surface area contributed by atoms with Crippen LogP contribution in [0.2, 0.25) is 5.02 Å². The third kappa shape index (κ3) is 3.94. The first-order valence-electron chi connectivity index (χ1n) is 8.15. The summed E-state index contributed by atoms with van der Waals surface area (Å²) in [4.78, 5) is -0.0689. The molecule has 1 aliphatic rings. The van der Waals surface area contributed by atoms with Gasteiger partial charge in [0.2, 0.25) is 0 Å². The number of sulfone groups is 1. The molecule has 0 amide bonds. The summed E-state index contributed by atoms with van der Waals surface area (Å²) in [6, 6.07) is 7.22. The lowest BCUT2D eigenvalue weighted by Gasteiger charge is -2.33. The van der Waals surface area contributed by atoms with E-state index >= 15 is 0 Å². The Balaban J connectivity index is 2.11. The fourth-order valence-corrected chi connectivity index (χ4v) is 5.22. The Morgan fingerprint density at radius 1 is 1.15 bits per heavy atom. The van der Waals surface area contributed by atoms with E-state index in [1.807, 2.05) is 0 Å². The third-order valence-electron chi connectivity index (χ3n) is 4.29. The molecule has 2 aromatic rings. The van der Waals surface area contributed by atoms with Gasteiger partial charge < -0.3 is 14.6 Å². The summed E-state index contributed by atoms with van der Waals surface area (Å²) >= 11 is 5.82. The van der Waals surface area contributed by atoms with Crippen molar-refractivity contribution in [1.82, 2.24) is 0 Å². The maximum Gasteiger partial charge on any atom is 0.186 e. The van der Waals surface area contributed by atoms with Gasteiger partial charge in [-0.05, 0) is 36.4 Å². The molecule has 0 saturated heterocycles. The zero-order valence-electron chi connectivity index (χ0n) is 14.1. The van der Waals surface area contributed by atoms with Crippen molar-refractivity contribution in [3.05, 3.63) is 58.6 Å². The normalized spacial score (nSPS) is 19.4. The summed E-state index contributed by atoms with van der Waals surface area (Å²) in [5.74, 6) is -2.91. The van der Waals surface area contributed by atoms with Gasteiger partial charge in [-0.2, -0.15) is 0 Å². The molecule has 0 bridgehead atoms. The van der Waals surface area contributed by atoms with Crippen molar-refractivity contribution in [2.75, 3.05) is 26.4 Å². The quantitative estimate of drug-likeness (QED) is 0.729. The first-order chi connectivity index (χ1) is 12.9. The van der Waals surface area contributed by atoms with Crippen molar-refractivity contribution in [2.45, 2.75) is 10.1 Å². The molecule has 9 heteroatoms. The molecule has 2 aromatic carbocycles. The van der Waals surface area contributed by atoms with E-state index in [0.717, 1.165) is 12.1 Å². The second-order valence-corrected chi connectivity index (χ2v) is 8.57. The fraction of sp³-hybridized carbons (Fsp3) is 0.333. The van der Waals surface area contributed by atoms with Crippen LogP contribution in [0.5, 0.6) is 5.75 Å². The van der Waals surface area contributed by atoms with E-state index in [1.165, 1.54) is 24.3 Å². The predicted molar refractivity (Wildman–Crippen MR) is 94.6 cm³/mol. The highest BCUT2D eigenvalue weighted by atomic mass is 35.5. The number of halogens is 3. The Bertz CT molecular complexity index is 918. The van der Waals surface area contributed by atoms with Crippen LogP contribution in [-0.2, 0) is 14.6 Å². The smallest absolute Gasteiger partial charge is 0.186 e. The summed E-state index contributed by atoms with van der Waals surface area (Å²) in [5, 5.41) is 7.81. The lowest BCUT2D eigenvalue weighted by molar-refractivity contribution is 0.0454. The lowest BCUT2D eigenvalue weighted by Crippen LogP contribution is -2.35. The number of rotatable bonds is 6. The van der Waals surface area contributed by atoms with Gasteiger partial charge in [-0.3, -0.25) is 0 Å². The van der Waals surface area contributed by atoms with Crippen LogP contribution in [0.4, 0.5) is 8.78 Å². The van der Waals surface area contributed by atoms with Crippen molar-refractivity contribution in [3.8, 4) is 5.75 Å². The molecule has 0 fully saturated rings. The van der Waals surface area contributed by atoms with E-state index in [0.29, 0.717) is 5.02 Å². The van der Waals surface area contributed by atoms with Crippen molar-refractivity contribution in [2.24, 2.45) is 5.92 Å². The highest BCUT2D eigenvalue weighted by molar-refractivity contribution is 7.91. The fourth-order valence-electron chi connectivity index (χ4n) is 3.09. The average molecular weight is 419 g/mol. The summed E-state index contributed by atoms with van der Waals surface area (Å²) < 4.78 is 65.8. The van der Waals surface area contributed by atoms with Crippen molar-refractivity contribution in [1.29, 1.82) is 0 Å². The SMILES string of the molecule is O=S(=O)(c1ccc(Cl)cc1)[C@@H]1c2c(F)ccc(F)c2OCC1COCCO. The number of aliphatic hydroxyl groups is 1. The molecule has 0 spiro atoms. The Morgan fingerprint density at radius 3 is 2.48 bits per heavy atom. The molecule has 5 nitrogen and oxygen atoms in total. The summed E-state index contributed by atoms with van der Waals surface area (Å²) in [5.41, 5.74) is -0.353. The molecule has 1 aliphatic heterocycles. The van der Waals surface area contributed by atoms with Crippen molar-refractivity contribution >= 4 is 21.4 Å². The van der Waals surface area contributed by atoms with E-state index in [4.69, 9.17) is 26.2 Å². The number of benzene rings is 2. The van der Waals surface area contributed by atoms with Gasteiger partial charge in [0.25, 0.3) is 0 Å². The maximum atomic E-state index is 14.6. The van der Waals surface area contributed by atoms with Crippen LogP contribution < -0.4 is 4.74 Å². The summed E-state index contributed by atoms with van der Waals surface area (Å²) in [6.07, 6.45) is 0. The van der Waals surface area contributed by atoms with Crippen LogP contribution in [0.1, 0.15) is 10.8 Å². The highest BCUT2D eigenvalue weighted by Crippen LogP contribution is 2.45. The van der Waals surface area contributed by atoms with E-state index < -0.39 is 38.4 Å². The minimum absolute atomic E-state index is 0.0112. The zero-order valence-corrected chi connectivity index (χ0v) is 15.6. The Kier molecular flexibility index (Phi) is 6.00. The maximum absolute atomic E-state index is 14.6. The standard InChI is InChI=1S/C18H17ClF2O5S/c19-12-1-3-13(4-2-12)27(23,24)18-11(9-25-8-7-22)10-26-17-15(21)6-5-14(20)16(17)18/h1-6,11,18,22H,7-10H2/t11?,18-/m0/s1. The first kappa shape index (κ1) is 20.0. The molecule has 0 aromatic heterocycles. The number of hydrogen-bond donors (Lipinski definition) is 1. The van der Waals surface area contributed by atoms with Gasteiger partial charge in [0, 0.05) is 10.9 Å². The largest absolute Gasteiger partial charge is 0.490 e. The van der Waals surface area contributed by atoms with Gasteiger partial charge in [0.1, 0.15) is 11.1 Å². The second kappa shape index (κ2) is 8.10. The van der Waals surface area contributed by atoms with Gasteiger partial charge in [-0.15, -0.1) is 0 Å². The second-order valence-electron chi connectivity index (χ2n) is 6.06. The summed E-state index contributed by atoms with van der Waals surface area (Å²) in [7, 11) is -4.11. The minimum Gasteiger partial charge on any atom is -0.490 e. The molecule has 1 heterocycles. The minimum atomic E-state index is -4.11. The summed E-state index contributed by atoms with van der Waals surface area (Å²) in [6.45, 7) is -0.534. The zero-order chi connectivity index (χ0) is 19.6. The van der Waals surface area contributed by atoms with Crippen molar-refractivity contribution < 1.29 is 31.8 Å². The molecule has 27 heavy (non-hydrogen) atoms. The van der Waals surface area contributed by atoms with E-state index in [9.17, 15) is 17.2 Å². The van der Waals surface area contributed by atoms with E-state index in [-0.39, 0.29) is 36.9 Å². The molecule has 0 saturated carbocycles. The van der Waals surface area contributed by atoms with Crippen LogP contribution in [0.25, 0.3) is 0 Å².